The number of hydrogen-bond donors (Lipinski definition) is 0. The van der Waals surface area contributed by atoms with Crippen molar-refractivity contribution in [3.8, 4) is 0 Å². The molecule has 0 saturated carbocycles. The van der Waals surface area contributed by atoms with E-state index in [1.54, 1.807) is 11.9 Å². The highest BCUT2D eigenvalue weighted by Crippen LogP contribution is 2.20. The molecule has 4 heteroatoms. The fraction of sp³-hybridized carbons (Fsp3) is 0.714. The quantitative estimate of drug-likeness (QED) is 0.711. The van der Waals surface area contributed by atoms with Gasteiger partial charge in [0.2, 0.25) is 11.8 Å². The van der Waals surface area contributed by atoms with Gasteiger partial charge in [-0.1, -0.05) is 12.2 Å². The van der Waals surface area contributed by atoms with Crippen molar-refractivity contribution in [1.29, 1.82) is 0 Å². The molecule has 1 fully saturated rings. The molecule has 1 aliphatic heterocycles. The maximum atomic E-state index is 12.2. The molecule has 1 atom stereocenters. The molecule has 0 aromatic carbocycles. The van der Waals surface area contributed by atoms with Crippen LogP contribution in [0.5, 0.6) is 0 Å². The smallest absolute Gasteiger partial charge is 0.242 e. The van der Waals surface area contributed by atoms with Crippen LogP contribution in [0.1, 0.15) is 32.1 Å². The van der Waals surface area contributed by atoms with Gasteiger partial charge in [-0.25, -0.2) is 0 Å². The number of hydrogen-bond acceptors (Lipinski definition) is 2. The molecular formula is C14H22N2O2. The third-order valence-corrected chi connectivity index (χ3v) is 3.83. The van der Waals surface area contributed by atoms with Gasteiger partial charge < -0.3 is 9.80 Å². The van der Waals surface area contributed by atoms with Crippen molar-refractivity contribution in [3.63, 3.8) is 0 Å². The number of nitrogens with zero attached hydrogens (tertiary/aromatic N) is 2. The third kappa shape index (κ3) is 3.12. The van der Waals surface area contributed by atoms with Gasteiger partial charge in [-0.05, 0) is 32.1 Å². The maximum absolute atomic E-state index is 12.2. The van der Waals surface area contributed by atoms with E-state index in [-0.39, 0.29) is 24.3 Å². The monoisotopic (exact) mass is 250 g/mol. The lowest BCUT2D eigenvalue weighted by Crippen LogP contribution is -2.42. The number of likely N-dealkylation sites (tertiary alicyclic amines) is 1. The minimum absolute atomic E-state index is 0.0754. The second-order valence-corrected chi connectivity index (χ2v) is 5.26. The summed E-state index contributed by atoms with van der Waals surface area (Å²) < 4.78 is 0. The number of allylic oxidation sites excluding steroid dienone is 2. The first-order valence-corrected chi connectivity index (χ1v) is 6.86. The molecule has 1 saturated heterocycles. The molecule has 0 spiro atoms. The van der Waals surface area contributed by atoms with Crippen LogP contribution in [-0.2, 0) is 9.59 Å². The van der Waals surface area contributed by atoms with E-state index in [4.69, 9.17) is 0 Å². The lowest BCUT2D eigenvalue weighted by Gasteiger charge is -2.25. The van der Waals surface area contributed by atoms with Crippen LogP contribution < -0.4 is 0 Å². The van der Waals surface area contributed by atoms with Crippen LogP contribution in [-0.4, -0.2) is 48.3 Å². The van der Waals surface area contributed by atoms with Crippen LogP contribution in [0.25, 0.3) is 0 Å². The second-order valence-electron chi connectivity index (χ2n) is 5.26. The van der Waals surface area contributed by atoms with Crippen molar-refractivity contribution in [2.75, 3.05) is 26.7 Å². The molecule has 2 rings (SSSR count). The minimum atomic E-state index is 0.0754. The Morgan fingerprint density at radius 1 is 1.28 bits per heavy atom. The van der Waals surface area contributed by atoms with Crippen LogP contribution in [0.4, 0.5) is 0 Å². The second kappa shape index (κ2) is 6.03. The summed E-state index contributed by atoms with van der Waals surface area (Å²) in [4.78, 5) is 27.6. The van der Waals surface area contributed by atoms with E-state index >= 15 is 0 Å². The molecule has 0 aromatic heterocycles. The van der Waals surface area contributed by atoms with Crippen molar-refractivity contribution in [2.24, 2.45) is 5.92 Å². The lowest BCUT2D eigenvalue weighted by molar-refractivity contribution is -0.141. The van der Waals surface area contributed by atoms with Gasteiger partial charge in [-0.15, -0.1) is 0 Å². The third-order valence-electron chi connectivity index (χ3n) is 3.83. The summed E-state index contributed by atoms with van der Waals surface area (Å²) in [6.45, 7) is 1.94. The van der Waals surface area contributed by atoms with Gasteiger partial charge in [0.1, 0.15) is 0 Å². The average Bonchev–Trinajstić information content (AvgIpc) is 2.92. The van der Waals surface area contributed by atoms with Gasteiger partial charge in [0.15, 0.2) is 0 Å². The van der Waals surface area contributed by atoms with Gasteiger partial charge in [-0.2, -0.15) is 0 Å². The summed E-state index contributed by atoms with van der Waals surface area (Å²) in [6, 6.07) is 0. The van der Waals surface area contributed by atoms with E-state index in [1.807, 2.05) is 4.90 Å². The molecule has 4 nitrogen and oxygen atoms in total. The molecule has 1 unspecified atom stereocenters. The summed E-state index contributed by atoms with van der Waals surface area (Å²) in [5.74, 6) is 0.285. The molecular weight excluding hydrogens is 228 g/mol. The van der Waals surface area contributed by atoms with Crippen LogP contribution in [0, 0.1) is 5.92 Å². The largest absolute Gasteiger partial charge is 0.341 e. The number of amides is 2. The van der Waals surface area contributed by atoms with E-state index in [2.05, 4.69) is 12.2 Å². The first-order chi connectivity index (χ1) is 8.68. The number of carbonyl (C=O) groups excluding carboxylic acids is 2. The maximum Gasteiger partial charge on any atom is 0.242 e. The summed E-state index contributed by atoms with van der Waals surface area (Å²) >= 11 is 0. The Kier molecular flexibility index (Phi) is 4.39. The van der Waals surface area contributed by atoms with Crippen molar-refractivity contribution in [3.05, 3.63) is 12.2 Å². The Bertz CT molecular complexity index is 346. The number of carbonyl (C=O) groups is 2. The summed E-state index contributed by atoms with van der Waals surface area (Å²) in [7, 11) is 1.74. The molecule has 0 aromatic rings. The number of likely N-dealkylation sites (N-methyl/N-ethyl adjacent to an activating group) is 1. The van der Waals surface area contributed by atoms with Crippen LogP contribution in [0.2, 0.25) is 0 Å². The van der Waals surface area contributed by atoms with Crippen molar-refractivity contribution >= 4 is 11.8 Å². The highest BCUT2D eigenvalue weighted by Gasteiger charge is 2.25. The lowest BCUT2D eigenvalue weighted by atomic mass is 9.93. The molecule has 0 N–H and O–H groups in total. The predicted molar refractivity (Wildman–Crippen MR) is 69.9 cm³/mol. The zero-order valence-electron chi connectivity index (χ0n) is 11.1. The normalized spacial score (nSPS) is 23.2. The summed E-state index contributed by atoms with van der Waals surface area (Å²) in [5, 5.41) is 0. The Morgan fingerprint density at radius 3 is 2.61 bits per heavy atom. The average molecular weight is 250 g/mol. The van der Waals surface area contributed by atoms with E-state index in [9.17, 15) is 9.59 Å². The van der Waals surface area contributed by atoms with E-state index in [0.717, 1.165) is 45.2 Å². The standard InChI is InChI=1S/C14H22N2O2/c1-15(11-13(17)16-9-5-6-10-16)14(18)12-7-3-2-4-8-12/h2-3,12H,4-11H2,1H3. The summed E-state index contributed by atoms with van der Waals surface area (Å²) in [5.41, 5.74) is 0. The number of rotatable bonds is 3. The first kappa shape index (κ1) is 13.1. The van der Waals surface area contributed by atoms with Gasteiger partial charge in [-0.3, -0.25) is 9.59 Å². The van der Waals surface area contributed by atoms with Crippen molar-refractivity contribution in [1.82, 2.24) is 9.80 Å². The van der Waals surface area contributed by atoms with Crippen molar-refractivity contribution in [2.45, 2.75) is 32.1 Å². The predicted octanol–water partition coefficient (Wildman–Crippen LogP) is 1.42. The molecule has 1 heterocycles. The topological polar surface area (TPSA) is 40.6 Å². The minimum Gasteiger partial charge on any atom is -0.341 e. The Hall–Kier alpha value is -1.32. The molecule has 2 amide bonds. The highest BCUT2D eigenvalue weighted by molar-refractivity contribution is 5.86. The fourth-order valence-corrected chi connectivity index (χ4v) is 2.68. The van der Waals surface area contributed by atoms with E-state index in [0.29, 0.717) is 0 Å². The van der Waals surface area contributed by atoms with E-state index in [1.165, 1.54) is 0 Å². The molecule has 2 aliphatic rings. The SMILES string of the molecule is CN(CC(=O)N1CCCC1)C(=O)C1CC=CCC1. The van der Waals surface area contributed by atoms with Gasteiger partial charge in [0.05, 0.1) is 6.54 Å². The molecule has 1 aliphatic carbocycles. The summed E-state index contributed by atoms with van der Waals surface area (Å²) in [6.07, 6.45) is 9.10. The fourth-order valence-electron chi connectivity index (χ4n) is 2.68. The molecule has 0 radical (unpaired) electrons. The van der Waals surface area contributed by atoms with Crippen LogP contribution in [0.3, 0.4) is 0 Å². The van der Waals surface area contributed by atoms with Crippen LogP contribution >= 0.6 is 0 Å². The first-order valence-electron chi connectivity index (χ1n) is 6.86. The molecule has 18 heavy (non-hydrogen) atoms. The van der Waals surface area contributed by atoms with Gasteiger partial charge >= 0.3 is 0 Å². The molecule has 0 bridgehead atoms. The zero-order chi connectivity index (χ0) is 13.0. The van der Waals surface area contributed by atoms with Crippen molar-refractivity contribution < 1.29 is 9.59 Å². The van der Waals surface area contributed by atoms with Crippen LogP contribution in [0.15, 0.2) is 12.2 Å². The highest BCUT2D eigenvalue weighted by atomic mass is 16.2. The Balaban J connectivity index is 1.82. The molecule has 100 valence electrons. The zero-order valence-corrected chi connectivity index (χ0v) is 11.1. The van der Waals surface area contributed by atoms with E-state index < -0.39 is 0 Å². The Morgan fingerprint density at radius 2 is 2.00 bits per heavy atom. The Labute approximate surface area is 109 Å². The van der Waals surface area contributed by atoms with Gasteiger partial charge in [0.25, 0.3) is 0 Å². The van der Waals surface area contributed by atoms with Gasteiger partial charge in [0, 0.05) is 26.1 Å².